The van der Waals surface area contributed by atoms with E-state index in [-0.39, 0.29) is 6.10 Å². The Labute approximate surface area is 120 Å². The lowest BCUT2D eigenvalue weighted by molar-refractivity contribution is 0.166. The molecule has 0 saturated carbocycles. The third-order valence-corrected chi connectivity index (χ3v) is 3.76. The van der Waals surface area contributed by atoms with Gasteiger partial charge in [0.15, 0.2) is 5.82 Å². The zero-order valence-electron chi connectivity index (χ0n) is 12.7. The first kappa shape index (κ1) is 15.3. The molecular weight excluding hydrogens is 256 g/mol. The predicted octanol–water partition coefficient (Wildman–Crippen LogP) is -0.0300. The number of aromatic nitrogens is 4. The molecular formula is C13H26N6O. The van der Waals surface area contributed by atoms with E-state index in [1.807, 2.05) is 4.68 Å². The first-order chi connectivity index (χ1) is 9.60. The second kappa shape index (κ2) is 7.10. The molecule has 2 rings (SSSR count). The first-order valence-electron chi connectivity index (χ1n) is 7.42. The largest absolute Gasteiger partial charge is 0.392 e. The molecule has 1 aliphatic rings. The highest BCUT2D eigenvalue weighted by Crippen LogP contribution is 2.20. The Morgan fingerprint density at radius 2 is 2.20 bits per heavy atom. The number of aliphatic hydroxyl groups is 1. The van der Waals surface area contributed by atoms with Gasteiger partial charge in [0.1, 0.15) is 0 Å². The predicted molar refractivity (Wildman–Crippen MR) is 76.1 cm³/mol. The summed E-state index contributed by atoms with van der Waals surface area (Å²) < 4.78 is 1.89. The average molecular weight is 282 g/mol. The van der Waals surface area contributed by atoms with Crippen molar-refractivity contribution in [1.29, 1.82) is 0 Å². The summed E-state index contributed by atoms with van der Waals surface area (Å²) in [5, 5.41) is 21.9. The molecule has 20 heavy (non-hydrogen) atoms. The maximum absolute atomic E-state index is 9.90. The van der Waals surface area contributed by atoms with Crippen LogP contribution < -0.4 is 0 Å². The Bertz CT molecular complexity index is 407. The summed E-state index contributed by atoms with van der Waals surface area (Å²) in [5.74, 6) is 0.899. The Morgan fingerprint density at radius 1 is 1.40 bits per heavy atom. The molecule has 1 N–H and O–H groups in total. The van der Waals surface area contributed by atoms with Crippen LogP contribution in [0, 0.1) is 0 Å². The molecule has 0 bridgehead atoms. The van der Waals surface area contributed by atoms with Gasteiger partial charge in [0, 0.05) is 25.7 Å². The second-order valence-corrected chi connectivity index (χ2v) is 5.91. The van der Waals surface area contributed by atoms with Gasteiger partial charge in [-0.25, -0.2) is 4.68 Å². The van der Waals surface area contributed by atoms with Crippen LogP contribution in [0.4, 0.5) is 0 Å². The van der Waals surface area contributed by atoms with Crippen LogP contribution in [0.15, 0.2) is 0 Å². The molecule has 0 amide bonds. The molecule has 1 fully saturated rings. The Balaban J connectivity index is 1.98. The fraction of sp³-hybridized carbons (Fsp3) is 0.923. The summed E-state index contributed by atoms with van der Waals surface area (Å²) in [5.41, 5.74) is 0. The van der Waals surface area contributed by atoms with Crippen LogP contribution in [0.2, 0.25) is 0 Å². The van der Waals surface area contributed by atoms with E-state index in [1.54, 1.807) is 0 Å². The average Bonchev–Trinajstić information content (AvgIpc) is 2.94. The van der Waals surface area contributed by atoms with Crippen LogP contribution in [0.25, 0.3) is 0 Å². The van der Waals surface area contributed by atoms with E-state index in [0.29, 0.717) is 19.1 Å². The third kappa shape index (κ3) is 3.97. The van der Waals surface area contributed by atoms with Crippen molar-refractivity contribution >= 4 is 0 Å². The summed E-state index contributed by atoms with van der Waals surface area (Å²) in [6.45, 7) is 5.40. The van der Waals surface area contributed by atoms with Crippen LogP contribution in [0.3, 0.4) is 0 Å². The number of β-amino-alcohol motifs (C(OH)–C–C–N with tert-alkyl or cyclic N) is 1. The lowest BCUT2D eigenvalue weighted by Crippen LogP contribution is -2.37. The third-order valence-electron chi connectivity index (χ3n) is 3.76. The maximum atomic E-state index is 9.90. The molecule has 0 aliphatic carbocycles. The lowest BCUT2D eigenvalue weighted by atomic mass is 10.2. The van der Waals surface area contributed by atoms with Gasteiger partial charge in [0.25, 0.3) is 0 Å². The van der Waals surface area contributed by atoms with E-state index in [4.69, 9.17) is 0 Å². The van der Waals surface area contributed by atoms with Gasteiger partial charge in [0.2, 0.25) is 0 Å². The number of aryl methyl sites for hydroxylation is 1. The van der Waals surface area contributed by atoms with E-state index < -0.39 is 0 Å². The van der Waals surface area contributed by atoms with E-state index >= 15 is 0 Å². The molecule has 114 valence electrons. The molecule has 0 aromatic carbocycles. The van der Waals surface area contributed by atoms with E-state index in [1.165, 1.54) is 0 Å². The van der Waals surface area contributed by atoms with Crippen LogP contribution >= 0.6 is 0 Å². The standard InChI is InChI=1S/C13H26N6O/c1-4-5-6-19-13(14-15-16-19)10-18-9-12(20)7-11(18)8-17(2)3/h11-12,20H,4-10H2,1-3H3. The van der Waals surface area contributed by atoms with Crippen molar-refractivity contribution < 1.29 is 5.11 Å². The molecule has 7 heteroatoms. The quantitative estimate of drug-likeness (QED) is 0.757. The fourth-order valence-corrected chi connectivity index (χ4v) is 2.76. The minimum atomic E-state index is -0.236. The van der Waals surface area contributed by atoms with Gasteiger partial charge < -0.3 is 10.0 Å². The van der Waals surface area contributed by atoms with Crippen molar-refractivity contribution in [1.82, 2.24) is 30.0 Å². The summed E-state index contributed by atoms with van der Waals surface area (Å²) in [4.78, 5) is 4.45. The number of hydrogen-bond donors (Lipinski definition) is 1. The summed E-state index contributed by atoms with van der Waals surface area (Å²) in [6, 6.07) is 0.372. The molecule has 2 unspecified atom stereocenters. The molecule has 2 heterocycles. The Kier molecular flexibility index (Phi) is 5.45. The smallest absolute Gasteiger partial charge is 0.165 e. The van der Waals surface area contributed by atoms with Gasteiger partial charge >= 0.3 is 0 Å². The number of likely N-dealkylation sites (N-methyl/N-ethyl adjacent to an activating group) is 1. The molecule has 2 atom stereocenters. The van der Waals surface area contributed by atoms with Crippen LogP contribution in [0.5, 0.6) is 0 Å². The Morgan fingerprint density at radius 3 is 2.90 bits per heavy atom. The first-order valence-corrected chi connectivity index (χ1v) is 7.42. The fourth-order valence-electron chi connectivity index (χ4n) is 2.76. The number of likely N-dealkylation sites (tertiary alicyclic amines) is 1. The van der Waals surface area contributed by atoms with Crippen LogP contribution in [-0.2, 0) is 13.1 Å². The summed E-state index contributed by atoms with van der Waals surface area (Å²) >= 11 is 0. The van der Waals surface area contributed by atoms with Gasteiger partial charge in [-0.3, -0.25) is 4.90 Å². The Hall–Kier alpha value is -1.05. The highest BCUT2D eigenvalue weighted by molar-refractivity contribution is 4.91. The monoisotopic (exact) mass is 282 g/mol. The second-order valence-electron chi connectivity index (χ2n) is 5.91. The highest BCUT2D eigenvalue weighted by Gasteiger charge is 2.32. The van der Waals surface area contributed by atoms with Crippen molar-refractivity contribution in [2.75, 3.05) is 27.2 Å². The van der Waals surface area contributed by atoms with Gasteiger partial charge in [-0.1, -0.05) is 13.3 Å². The zero-order chi connectivity index (χ0) is 14.5. The molecule has 0 spiro atoms. The topological polar surface area (TPSA) is 70.3 Å². The number of rotatable bonds is 7. The number of aliphatic hydroxyl groups excluding tert-OH is 1. The van der Waals surface area contributed by atoms with Crippen LogP contribution in [-0.4, -0.2) is 74.4 Å². The molecule has 1 aliphatic heterocycles. The number of unbranched alkanes of at least 4 members (excludes halogenated alkanes) is 1. The van der Waals surface area contributed by atoms with Crippen molar-refractivity contribution in [3.63, 3.8) is 0 Å². The number of hydrogen-bond acceptors (Lipinski definition) is 6. The maximum Gasteiger partial charge on any atom is 0.165 e. The molecule has 1 aromatic heterocycles. The minimum absolute atomic E-state index is 0.236. The number of nitrogens with zero attached hydrogens (tertiary/aromatic N) is 6. The van der Waals surface area contributed by atoms with Crippen LogP contribution in [0.1, 0.15) is 32.0 Å². The van der Waals surface area contributed by atoms with Crippen molar-refractivity contribution in [3.8, 4) is 0 Å². The highest BCUT2D eigenvalue weighted by atomic mass is 16.3. The zero-order valence-corrected chi connectivity index (χ0v) is 12.7. The molecule has 1 aromatic rings. The van der Waals surface area contributed by atoms with E-state index in [2.05, 4.69) is 46.3 Å². The van der Waals surface area contributed by atoms with Gasteiger partial charge in [0.05, 0.1) is 12.6 Å². The van der Waals surface area contributed by atoms with E-state index in [9.17, 15) is 5.11 Å². The summed E-state index contributed by atoms with van der Waals surface area (Å²) in [7, 11) is 4.13. The normalized spacial score (nSPS) is 23.9. The lowest BCUT2D eigenvalue weighted by Gasteiger charge is -2.26. The van der Waals surface area contributed by atoms with Gasteiger partial charge in [-0.2, -0.15) is 0 Å². The van der Waals surface area contributed by atoms with Crippen molar-refractivity contribution in [3.05, 3.63) is 5.82 Å². The molecule has 1 saturated heterocycles. The number of tetrazole rings is 1. The van der Waals surface area contributed by atoms with E-state index in [0.717, 1.165) is 38.2 Å². The minimum Gasteiger partial charge on any atom is -0.392 e. The summed E-state index contributed by atoms with van der Waals surface area (Å²) in [6.07, 6.45) is 2.81. The van der Waals surface area contributed by atoms with Gasteiger partial charge in [-0.05, 0) is 37.4 Å². The SMILES string of the molecule is CCCCn1nnnc1CN1CC(O)CC1CN(C)C. The van der Waals surface area contributed by atoms with Crippen molar-refractivity contribution in [2.45, 2.75) is 51.4 Å². The van der Waals surface area contributed by atoms with Gasteiger partial charge in [-0.15, -0.1) is 5.10 Å². The molecule has 7 nitrogen and oxygen atoms in total. The van der Waals surface area contributed by atoms with Crippen molar-refractivity contribution in [2.24, 2.45) is 0 Å². The molecule has 0 radical (unpaired) electrons.